The molecule has 0 saturated carbocycles. The molecule has 5 heteroatoms. The lowest BCUT2D eigenvalue weighted by atomic mass is 10.1. The Hall–Kier alpha value is -1.88. The molecule has 1 aromatic rings. The number of nitrogens with zero attached hydrogens (tertiary/aromatic N) is 2. The average Bonchev–Trinajstić information content (AvgIpc) is 2.54. The van der Waals surface area contributed by atoms with Crippen molar-refractivity contribution >= 4 is 11.8 Å². The Morgan fingerprint density at radius 2 is 1.96 bits per heavy atom. The minimum Gasteiger partial charge on any atom is -0.391 e. The highest BCUT2D eigenvalue weighted by Gasteiger charge is 2.23. The van der Waals surface area contributed by atoms with Crippen LogP contribution in [0.4, 0.5) is 0 Å². The number of rotatable bonds is 4. The topological polar surface area (TPSA) is 60.9 Å². The molecule has 0 aliphatic carbocycles. The maximum absolute atomic E-state index is 12.4. The molecule has 0 aromatic heterocycles. The molecule has 0 bridgehead atoms. The van der Waals surface area contributed by atoms with Crippen LogP contribution in [0.1, 0.15) is 42.6 Å². The SMILES string of the molecule is CC(C)C(=O)N(C)Cc1ccc(C(=O)N2CCCC(O)C2)cc1. The summed E-state index contributed by atoms with van der Waals surface area (Å²) in [6.07, 6.45) is 1.19. The highest BCUT2D eigenvalue weighted by molar-refractivity contribution is 5.94. The lowest BCUT2D eigenvalue weighted by Crippen LogP contribution is -2.42. The van der Waals surface area contributed by atoms with Crippen molar-refractivity contribution in [3.8, 4) is 0 Å². The van der Waals surface area contributed by atoms with Crippen molar-refractivity contribution < 1.29 is 14.7 Å². The predicted molar refractivity (Wildman–Crippen MR) is 88.9 cm³/mol. The molecule has 1 unspecified atom stereocenters. The van der Waals surface area contributed by atoms with Crippen molar-refractivity contribution in [2.75, 3.05) is 20.1 Å². The van der Waals surface area contributed by atoms with E-state index in [1.54, 1.807) is 29.0 Å². The van der Waals surface area contributed by atoms with Gasteiger partial charge in [0.15, 0.2) is 0 Å². The van der Waals surface area contributed by atoms with Gasteiger partial charge in [-0.15, -0.1) is 0 Å². The van der Waals surface area contributed by atoms with E-state index in [1.807, 2.05) is 26.0 Å². The number of carbonyl (C=O) groups is 2. The Bertz CT molecular complexity index is 554. The first-order valence-corrected chi connectivity index (χ1v) is 8.19. The van der Waals surface area contributed by atoms with Gasteiger partial charge in [0.1, 0.15) is 0 Å². The maximum Gasteiger partial charge on any atom is 0.253 e. The van der Waals surface area contributed by atoms with Crippen molar-refractivity contribution in [2.45, 2.75) is 39.3 Å². The van der Waals surface area contributed by atoms with E-state index >= 15 is 0 Å². The highest BCUT2D eigenvalue weighted by atomic mass is 16.3. The number of hydrogen-bond acceptors (Lipinski definition) is 3. The number of β-amino-alcohol motifs (C(OH)–C–C–N with tert-alkyl or cyclic N) is 1. The fourth-order valence-electron chi connectivity index (χ4n) is 2.87. The quantitative estimate of drug-likeness (QED) is 0.922. The van der Waals surface area contributed by atoms with Gasteiger partial charge in [-0.3, -0.25) is 9.59 Å². The second-order valence-corrected chi connectivity index (χ2v) is 6.59. The Morgan fingerprint density at radius 1 is 1.30 bits per heavy atom. The van der Waals surface area contributed by atoms with E-state index in [-0.39, 0.29) is 17.7 Å². The van der Waals surface area contributed by atoms with E-state index in [0.29, 0.717) is 25.2 Å². The van der Waals surface area contributed by atoms with Crippen LogP contribution in [-0.4, -0.2) is 53.0 Å². The third-order valence-electron chi connectivity index (χ3n) is 4.17. The van der Waals surface area contributed by atoms with Crippen LogP contribution < -0.4 is 0 Å². The first-order valence-electron chi connectivity index (χ1n) is 8.19. The normalized spacial score (nSPS) is 18.1. The third kappa shape index (κ3) is 4.55. The number of aliphatic hydroxyl groups excluding tert-OH is 1. The van der Waals surface area contributed by atoms with E-state index in [1.165, 1.54) is 0 Å². The zero-order valence-electron chi connectivity index (χ0n) is 14.2. The van der Waals surface area contributed by atoms with Gasteiger partial charge in [0.05, 0.1) is 6.10 Å². The van der Waals surface area contributed by atoms with Crippen LogP contribution in [-0.2, 0) is 11.3 Å². The second kappa shape index (κ2) is 7.59. The summed E-state index contributed by atoms with van der Waals surface area (Å²) in [5.74, 6) is 0.0424. The number of carbonyl (C=O) groups excluding carboxylic acids is 2. The van der Waals surface area contributed by atoms with Gasteiger partial charge in [0, 0.05) is 38.2 Å². The first-order chi connectivity index (χ1) is 10.9. The second-order valence-electron chi connectivity index (χ2n) is 6.59. The summed E-state index contributed by atoms with van der Waals surface area (Å²) >= 11 is 0. The molecule has 2 amide bonds. The van der Waals surface area contributed by atoms with Crippen LogP contribution in [0.3, 0.4) is 0 Å². The molecular weight excluding hydrogens is 292 g/mol. The molecule has 1 N–H and O–H groups in total. The van der Waals surface area contributed by atoms with Gasteiger partial charge in [-0.2, -0.15) is 0 Å². The zero-order chi connectivity index (χ0) is 17.0. The fraction of sp³-hybridized carbons (Fsp3) is 0.556. The highest BCUT2D eigenvalue weighted by Crippen LogP contribution is 2.15. The predicted octanol–water partition coefficient (Wildman–Crippen LogP) is 1.90. The van der Waals surface area contributed by atoms with Crippen LogP contribution in [0.2, 0.25) is 0 Å². The van der Waals surface area contributed by atoms with Gasteiger partial charge in [0.25, 0.3) is 5.91 Å². The number of hydrogen-bond donors (Lipinski definition) is 1. The van der Waals surface area contributed by atoms with E-state index in [0.717, 1.165) is 18.4 Å². The van der Waals surface area contributed by atoms with E-state index < -0.39 is 6.10 Å². The monoisotopic (exact) mass is 318 g/mol. The van der Waals surface area contributed by atoms with Gasteiger partial charge in [0.2, 0.25) is 5.91 Å². The number of amides is 2. The van der Waals surface area contributed by atoms with Gasteiger partial charge in [-0.25, -0.2) is 0 Å². The molecule has 1 heterocycles. The minimum absolute atomic E-state index is 0.0219. The molecule has 0 radical (unpaired) electrons. The van der Waals surface area contributed by atoms with Gasteiger partial charge in [-0.1, -0.05) is 26.0 Å². The van der Waals surface area contributed by atoms with Crippen molar-refractivity contribution in [2.24, 2.45) is 5.92 Å². The molecule has 5 nitrogen and oxygen atoms in total. The van der Waals surface area contributed by atoms with Crippen molar-refractivity contribution in [3.63, 3.8) is 0 Å². The van der Waals surface area contributed by atoms with Crippen LogP contribution in [0.15, 0.2) is 24.3 Å². The Kier molecular flexibility index (Phi) is 5.77. The van der Waals surface area contributed by atoms with Crippen LogP contribution in [0, 0.1) is 5.92 Å². The number of piperidine rings is 1. The van der Waals surface area contributed by atoms with Crippen molar-refractivity contribution in [1.29, 1.82) is 0 Å². The van der Waals surface area contributed by atoms with E-state index in [9.17, 15) is 14.7 Å². The molecule has 2 rings (SSSR count). The number of likely N-dealkylation sites (tertiary alicyclic amines) is 1. The largest absolute Gasteiger partial charge is 0.391 e. The van der Waals surface area contributed by atoms with E-state index in [4.69, 9.17) is 0 Å². The minimum atomic E-state index is -0.414. The van der Waals surface area contributed by atoms with Crippen LogP contribution >= 0.6 is 0 Å². The molecule has 1 atom stereocenters. The fourth-order valence-corrected chi connectivity index (χ4v) is 2.87. The average molecular weight is 318 g/mol. The smallest absolute Gasteiger partial charge is 0.253 e. The summed E-state index contributed by atoms with van der Waals surface area (Å²) in [6, 6.07) is 7.37. The van der Waals surface area contributed by atoms with Gasteiger partial charge < -0.3 is 14.9 Å². The summed E-state index contributed by atoms with van der Waals surface area (Å²) in [4.78, 5) is 27.7. The van der Waals surface area contributed by atoms with E-state index in [2.05, 4.69) is 0 Å². The number of aliphatic hydroxyl groups is 1. The van der Waals surface area contributed by atoms with Crippen molar-refractivity contribution in [1.82, 2.24) is 9.80 Å². The third-order valence-corrected chi connectivity index (χ3v) is 4.17. The Labute approximate surface area is 137 Å². The lowest BCUT2D eigenvalue weighted by Gasteiger charge is -2.30. The van der Waals surface area contributed by atoms with Crippen LogP contribution in [0.25, 0.3) is 0 Å². The summed E-state index contributed by atoms with van der Waals surface area (Å²) in [6.45, 7) is 5.41. The molecule has 0 spiro atoms. The summed E-state index contributed by atoms with van der Waals surface area (Å²) < 4.78 is 0. The Balaban J connectivity index is 1.99. The number of benzene rings is 1. The molecule has 23 heavy (non-hydrogen) atoms. The standard InChI is InChI=1S/C18H26N2O3/c1-13(2)17(22)19(3)11-14-6-8-15(9-7-14)18(23)20-10-4-5-16(21)12-20/h6-9,13,16,21H,4-5,10-12H2,1-3H3. The molecule has 1 fully saturated rings. The van der Waals surface area contributed by atoms with Gasteiger partial charge in [-0.05, 0) is 30.5 Å². The van der Waals surface area contributed by atoms with Gasteiger partial charge >= 0.3 is 0 Å². The van der Waals surface area contributed by atoms with Crippen LogP contribution in [0.5, 0.6) is 0 Å². The van der Waals surface area contributed by atoms with Crippen molar-refractivity contribution in [3.05, 3.63) is 35.4 Å². The molecule has 1 aromatic carbocycles. The lowest BCUT2D eigenvalue weighted by molar-refractivity contribution is -0.133. The summed E-state index contributed by atoms with van der Waals surface area (Å²) in [5.41, 5.74) is 1.62. The maximum atomic E-state index is 12.4. The molecule has 1 aliphatic rings. The summed E-state index contributed by atoms with van der Waals surface area (Å²) in [5, 5.41) is 9.68. The first kappa shape index (κ1) is 17.5. The molecule has 126 valence electrons. The molecule has 1 aliphatic heterocycles. The summed E-state index contributed by atoms with van der Waals surface area (Å²) in [7, 11) is 1.79. The zero-order valence-corrected chi connectivity index (χ0v) is 14.2. The molecule has 1 saturated heterocycles. The molecular formula is C18H26N2O3. The Morgan fingerprint density at radius 3 is 2.52 bits per heavy atom.